The van der Waals surface area contributed by atoms with E-state index in [0.717, 1.165) is 45.0 Å². The van der Waals surface area contributed by atoms with Crippen molar-refractivity contribution in [3.63, 3.8) is 0 Å². The van der Waals surface area contributed by atoms with Gasteiger partial charge in [-0.25, -0.2) is 4.99 Å². The summed E-state index contributed by atoms with van der Waals surface area (Å²) in [7, 11) is 0. The summed E-state index contributed by atoms with van der Waals surface area (Å²) in [5.41, 5.74) is 8.78. The van der Waals surface area contributed by atoms with Crippen LogP contribution in [-0.2, 0) is 0 Å². The van der Waals surface area contributed by atoms with Gasteiger partial charge in [0.05, 0.1) is 28.1 Å². The lowest BCUT2D eigenvalue weighted by Gasteiger charge is -2.10. The molecule has 0 bridgehead atoms. The molecule has 5 aromatic rings. The SMILES string of the molecule is C=C/C=C(\C=C)C(/C=C\C)=Nc1cc(-c2cccc3c2c2ccccc2n3-c2ccccc2)ccc1N=C. The minimum Gasteiger partial charge on any atom is -0.309 e. The van der Waals surface area contributed by atoms with Crippen LogP contribution in [-0.4, -0.2) is 17.0 Å². The van der Waals surface area contributed by atoms with E-state index in [2.05, 4.69) is 108 Å². The number of para-hydroxylation sites is 2. The van der Waals surface area contributed by atoms with Gasteiger partial charge >= 0.3 is 0 Å². The Balaban J connectivity index is 1.78. The highest BCUT2D eigenvalue weighted by atomic mass is 15.0. The van der Waals surface area contributed by atoms with Crippen molar-refractivity contribution >= 4 is 45.6 Å². The second-order valence-electron chi connectivity index (χ2n) is 8.81. The molecule has 5 rings (SSSR count). The summed E-state index contributed by atoms with van der Waals surface area (Å²) in [6, 6.07) is 31.7. The molecular weight excluding hydrogens is 462 g/mol. The van der Waals surface area contributed by atoms with Crippen LogP contribution < -0.4 is 0 Å². The minimum absolute atomic E-state index is 0.719. The van der Waals surface area contributed by atoms with Gasteiger partial charge in [0.2, 0.25) is 0 Å². The van der Waals surface area contributed by atoms with E-state index < -0.39 is 0 Å². The number of benzene rings is 4. The highest BCUT2D eigenvalue weighted by molar-refractivity contribution is 6.16. The van der Waals surface area contributed by atoms with E-state index in [9.17, 15) is 0 Å². The molecule has 4 aromatic carbocycles. The van der Waals surface area contributed by atoms with Crippen molar-refractivity contribution in [1.29, 1.82) is 0 Å². The van der Waals surface area contributed by atoms with Gasteiger partial charge in [0, 0.05) is 16.5 Å². The first-order valence-electron chi connectivity index (χ1n) is 12.6. The fraction of sp³-hybridized carbons (Fsp3) is 0.0286. The summed E-state index contributed by atoms with van der Waals surface area (Å²) in [5.74, 6) is 0. The van der Waals surface area contributed by atoms with E-state index in [1.807, 2.05) is 37.3 Å². The predicted octanol–water partition coefficient (Wildman–Crippen LogP) is 9.73. The van der Waals surface area contributed by atoms with Gasteiger partial charge in [-0.05, 0) is 72.8 Å². The number of nitrogens with zero attached hydrogens (tertiary/aromatic N) is 3. The molecule has 0 fully saturated rings. The lowest BCUT2D eigenvalue weighted by atomic mass is 9.98. The Morgan fingerprint density at radius 2 is 1.58 bits per heavy atom. The molecule has 3 heteroatoms. The average molecular weight is 492 g/mol. The molecular formula is C35H29N3. The molecule has 1 aromatic heterocycles. The fourth-order valence-corrected chi connectivity index (χ4v) is 4.90. The molecule has 3 nitrogen and oxygen atoms in total. The van der Waals surface area contributed by atoms with Crippen molar-refractivity contribution in [2.45, 2.75) is 6.92 Å². The quantitative estimate of drug-likeness (QED) is 0.153. The summed E-state index contributed by atoms with van der Waals surface area (Å²) in [5, 5.41) is 2.41. The molecule has 0 unspecified atom stereocenters. The first-order valence-corrected chi connectivity index (χ1v) is 12.6. The van der Waals surface area contributed by atoms with Crippen molar-refractivity contribution in [3.05, 3.63) is 140 Å². The van der Waals surface area contributed by atoms with Crippen molar-refractivity contribution in [3.8, 4) is 16.8 Å². The van der Waals surface area contributed by atoms with Crippen molar-refractivity contribution < 1.29 is 0 Å². The molecule has 38 heavy (non-hydrogen) atoms. The Morgan fingerprint density at radius 3 is 2.32 bits per heavy atom. The Bertz CT molecular complexity index is 1760. The first kappa shape index (κ1) is 24.7. The van der Waals surface area contributed by atoms with Crippen LogP contribution in [0.1, 0.15) is 6.92 Å². The zero-order valence-corrected chi connectivity index (χ0v) is 21.5. The van der Waals surface area contributed by atoms with E-state index in [1.54, 1.807) is 12.2 Å². The number of fused-ring (bicyclic) bond motifs is 3. The normalized spacial score (nSPS) is 12.3. The summed E-state index contributed by atoms with van der Waals surface area (Å²) in [6.45, 7) is 13.5. The number of rotatable bonds is 8. The lowest BCUT2D eigenvalue weighted by Crippen LogP contribution is -1.96. The van der Waals surface area contributed by atoms with E-state index in [4.69, 9.17) is 4.99 Å². The van der Waals surface area contributed by atoms with E-state index in [1.165, 1.54) is 16.3 Å². The molecule has 0 spiro atoms. The minimum atomic E-state index is 0.719. The predicted molar refractivity (Wildman–Crippen MR) is 166 cm³/mol. The zero-order valence-electron chi connectivity index (χ0n) is 21.5. The van der Waals surface area contributed by atoms with Crippen molar-refractivity contribution in [2.24, 2.45) is 9.98 Å². The zero-order chi connectivity index (χ0) is 26.5. The van der Waals surface area contributed by atoms with Gasteiger partial charge in [0.15, 0.2) is 0 Å². The summed E-state index contributed by atoms with van der Waals surface area (Å²) in [6.07, 6.45) is 9.34. The van der Waals surface area contributed by atoms with Gasteiger partial charge < -0.3 is 4.57 Å². The number of aromatic nitrogens is 1. The molecule has 0 aliphatic heterocycles. The number of hydrogen-bond acceptors (Lipinski definition) is 2. The van der Waals surface area contributed by atoms with Crippen molar-refractivity contribution in [1.82, 2.24) is 4.57 Å². The number of aliphatic imine (C=N–C) groups is 2. The second-order valence-corrected chi connectivity index (χ2v) is 8.81. The molecule has 0 aliphatic carbocycles. The lowest BCUT2D eigenvalue weighted by molar-refractivity contribution is 1.18. The molecule has 0 radical (unpaired) electrons. The fourth-order valence-electron chi connectivity index (χ4n) is 4.90. The monoisotopic (exact) mass is 491 g/mol. The third-order valence-electron chi connectivity index (χ3n) is 6.55. The molecule has 0 saturated heterocycles. The van der Waals surface area contributed by atoms with Gasteiger partial charge in [0.1, 0.15) is 0 Å². The molecule has 1 heterocycles. The topological polar surface area (TPSA) is 29.6 Å². The molecule has 184 valence electrons. The van der Waals surface area contributed by atoms with E-state index >= 15 is 0 Å². The first-order chi connectivity index (χ1) is 18.7. The van der Waals surface area contributed by atoms with Crippen LogP contribution in [0.15, 0.2) is 150 Å². The van der Waals surface area contributed by atoms with Gasteiger partial charge in [-0.1, -0.05) is 92.1 Å². The van der Waals surface area contributed by atoms with Crippen molar-refractivity contribution in [2.75, 3.05) is 0 Å². The van der Waals surface area contributed by atoms with Gasteiger partial charge in [-0.15, -0.1) is 0 Å². The second kappa shape index (κ2) is 10.9. The van der Waals surface area contributed by atoms with E-state index in [0.29, 0.717) is 0 Å². The van der Waals surface area contributed by atoms with Crippen LogP contribution in [0.3, 0.4) is 0 Å². The highest BCUT2D eigenvalue weighted by Gasteiger charge is 2.16. The van der Waals surface area contributed by atoms with Crippen LogP contribution >= 0.6 is 0 Å². The van der Waals surface area contributed by atoms with Crippen LogP contribution in [0.25, 0.3) is 38.6 Å². The maximum atomic E-state index is 4.99. The van der Waals surface area contributed by atoms with E-state index in [-0.39, 0.29) is 0 Å². The Morgan fingerprint density at radius 1 is 0.816 bits per heavy atom. The molecule has 0 atom stereocenters. The largest absolute Gasteiger partial charge is 0.309 e. The highest BCUT2D eigenvalue weighted by Crippen LogP contribution is 2.41. The maximum absolute atomic E-state index is 4.99. The number of allylic oxidation sites excluding steroid dienone is 6. The Hall–Kier alpha value is -5.02. The van der Waals surface area contributed by atoms with Gasteiger partial charge in [-0.2, -0.15) is 0 Å². The summed E-state index contributed by atoms with van der Waals surface area (Å²) in [4.78, 5) is 9.25. The van der Waals surface area contributed by atoms with Crippen LogP contribution in [0.5, 0.6) is 0 Å². The third-order valence-corrected chi connectivity index (χ3v) is 6.55. The average Bonchev–Trinajstić information content (AvgIpc) is 3.31. The smallest absolute Gasteiger partial charge is 0.0899 e. The molecule has 0 aliphatic rings. The Labute approximate surface area is 223 Å². The van der Waals surface area contributed by atoms with Crippen LogP contribution in [0, 0.1) is 0 Å². The van der Waals surface area contributed by atoms with Crippen LogP contribution in [0.4, 0.5) is 11.4 Å². The molecule has 0 N–H and O–H groups in total. The standard InChI is InChI=1S/C35H29N3/c1-5-14-25(7-3)30(15-6-2)37-32-24-26(22-23-31(32)36-4)28-19-13-21-34-35(28)29-18-11-12-20-33(29)38(34)27-16-9-8-10-17-27/h5-24H,1,3-4H2,2H3/b15-6-,25-14+,37-30?. The maximum Gasteiger partial charge on any atom is 0.0899 e. The van der Waals surface area contributed by atoms with Gasteiger partial charge in [-0.3, -0.25) is 4.99 Å². The Kier molecular flexibility index (Phi) is 7.10. The summed E-state index contributed by atoms with van der Waals surface area (Å²) < 4.78 is 2.33. The summed E-state index contributed by atoms with van der Waals surface area (Å²) >= 11 is 0. The van der Waals surface area contributed by atoms with Gasteiger partial charge in [0.25, 0.3) is 0 Å². The third kappa shape index (κ3) is 4.46. The molecule has 0 saturated carbocycles. The van der Waals surface area contributed by atoms with Crippen LogP contribution in [0.2, 0.25) is 0 Å². The molecule has 0 amide bonds. The number of hydrogen-bond donors (Lipinski definition) is 0.